The van der Waals surface area contributed by atoms with Crippen LogP contribution in [0.1, 0.15) is 15.9 Å². The van der Waals surface area contributed by atoms with Gasteiger partial charge in [0.15, 0.2) is 17.3 Å². The molecule has 0 saturated heterocycles. The number of ketones is 1. The van der Waals surface area contributed by atoms with E-state index in [1.807, 2.05) is 0 Å². The molecule has 0 radical (unpaired) electrons. The zero-order valence-electron chi connectivity index (χ0n) is 24.8. The van der Waals surface area contributed by atoms with E-state index in [0.29, 0.717) is 39.9 Å². The van der Waals surface area contributed by atoms with E-state index in [0.717, 1.165) is 0 Å². The number of halogens is 1. The van der Waals surface area contributed by atoms with Gasteiger partial charge >= 0.3 is 0 Å². The molecule has 11 nitrogen and oxygen atoms in total. The highest BCUT2D eigenvalue weighted by atomic mass is 35.5. The van der Waals surface area contributed by atoms with Gasteiger partial charge in [-0.15, -0.1) is 0 Å². The molecule has 3 rings (SSSR count). The van der Waals surface area contributed by atoms with Gasteiger partial charge in [0.25, 0.3) is 0 Å². The summed E-state index contributed by atoms with van der Waals surface area (Å²) in [5.41, 5.74) is 1.68. The summed E-state index contributed by atoms with van der Waals surface area (Å²) in [6.07, 6.45) is 5.64. The SMILES string of the molecule is COc1cc(OC)c(/C=C/C(=O)Nc2ccc(OC)c(N/C=C/C(=O)c3cc(OC)c(OC)c(OC)c3Cl)c2)c(OC)c1. The molecule has 12 heteroatoms. The molecule has 0 fully saturated rings. The fourth-order valence-corrected chi connectivity index (χ4v) is 4.35. The fourth-order valence-electron chi connectivity index (χ4n) is 4.04. The van der Waals surface area contributed by atoms with Crippen LogP contribution in [0.2, 0.25) is 5.02 Å². The van der Waals surface area contributed by atoms with Crippen molar-refractivity contribution < 1.29 is 42.7 Å². The summed E-state index contributed by atoms with van der Waals surface area (Å²) in [6, 6.07) is 9.85. The number of nitrogens with one attached hydrogen (secondary N) is 2. The van der Waals surface area contributed by atoms with Crippen LogP contribution in [0.4, 0.5) is 11.4 Å². The van der Waals surface area contributed by atoms with E-state index in [-0.39, 0.29) is 27.8 Å². The first-order valence-corrected chi connectivity index (χ1v) is 13.1. The maximum atomic E-state index is 13.0. The molecule has 0 unspecified atom stereocenters. The van der Waals surface area contributed by atoms with E-state index < -0.39 is 11.7 Å². The molecule has 0 atom stereocenters. The zero-order chi connectivity index (χ0) is 31.5. The van der Waals surface area contributed by atoms with Crippen LogP contribution in [-0.2, 0) is 4.79 Å². The molecule has 0 aliphatic carbocycles. The summed E-state index contributed by atoms with van der Waals surface area (Å²) >= 11 is 6.42. The second kappa shape index (κ2) is 15.3. The predicted octanol–water partition coefficient (Wildman–Crippen LogP) is 5.86. The molecule has 0 bridgehead atoms. The summed E-state index contributed by atoms with van der Waals surface area (Å²) in [7, 11) is 10.4. The van der Waals surface area contributed by atoms with Crippen molar-refractivity contribution in [3.63, 3.8) is 0 Å². The maximum Gasteiger partial charge on any atom is 0.248 e. The lowest BCUT2D eigenvalue weighted by atomic mass is 10.1. The highest BCUT2D eigenvalue weighted by Crippen LogP contribution is 2.45. The Morgan fingerprint density at radius 1 is 0.698 bits per heavy atom. The van der Waals surface area contributed by atoms with Crippen molar-refractivity contribution >= 4 is 40.7 Å². The minimum atomic E-state index is -0.422. The van der Waals surface area contributed by atoms with Gasteiger partial charge in [0.2, 0.25) is 11.7 Å². The molecule has 3 aromatic rings. The quantitative estimate of drug-likeness (QED) is 0.169. The molecule has 2 N–H and O–H groups in total. The van der Waals surface area contributed by atoms with Gasteiger partial charge in [-0.2, -0.15) is 0 Å². The van der Waals surface area contributed by atoms with Crippen LogP contribution in [-0.4, -0.2) is 61.5 Å². The summed E-state index contributed by atoms with van der Waals surface area (Å²) in [6.45, 7) is 0. The van der Waals surface area contributed by atoms with E-state index in [1.165, 1.54) is 74.2 Å². The van der Waals surface area contributed by atoms with Gasteiger partial charge in [-0.05, 0) is 30.3 Å². The molecule has 1 amide bonds. The molecule has 228 valence electrons. The Hall–Kier alpha value is -5.03. The molecular formula is C31H33ClN2O9. The van der Waals surface area contributed by atoms with E-state index in [4.69, 9.17) is 44.8 Å². The Bertz CT molecular complexity index is 1510. The van der Waals surface area contributed by atoms with E-state index in [1.54, 1.807) is 36.4 Å². The summed E-state index contributed by atoms with van der Waals surface area (Å²) < 4.78 is 37.5. The summed E-state index contributed by atoms with van der Waals surface area (Å²) in [4.78, 5) is 25.8. The van der Waals surface area contributed by atoms with Crippen molar-refractivity contribution in [1.82, 2.24) is 0 Å². The first kappa shape index (κ1) is 32.5. The van der Waals surface area contributed by atoms with Crippen LogP contribution in [0.5, 0.6) is 40.2 Å². The van der Waals surface area contributed by atoms with Crippen molar-refractivity contribution in [3.8, 4) is 40.2 Å². The van der Waals surface area contributed by atoms with Gasteiger partial charge < -0.3 is 43.8 Å². The van der Waals surface area contributed by atoms with Crippen LogP contribution >= 0.6 is 11.6 Å². The van der Waals surface area contributed by atoms with E-state index in [9.17, 15) is 9.59 Å². The number of hydrogen-bond donors (Lipinski definition) is 2. The molecule has 3 aromatic carbocycles. The van der Waals surface area contributed by atoms with Crippen molar-refractivity contribution in [2.24, 2.45) is 0 Å². The summed E-state index contributed by atoms with van der Waals surface area (Å²) in [5.74, 6) is 1.89. The molecule has 0 saturated carbocycles. The summed E-state index contributed by atoms with van der Waals surface area (Å²) in [5, 5.41) is 5.88. The van der Waals surface area contributed by atoms with Crippen molar-refractivity contribution in [1.29, 1.82) is 0 Å². The van der Waals surface area contributed by atoms with Crippen LogP contribution in [0.25, 0.3) is 6.08 Å². The van der Waals surface area contributed by atoms with Crippen molar-refractivity contribution in [2.45, 2.75) is 0 Å². The molecular weight excluding hydrogens is 580 g/mol. The van der Waals surface area contributed by atoms with Crippen LogP contribution in [0.3, 0.4) is 0 Å². The minimum Gasteiger partial charge on any atom is -0.496 e. The Labute approximate surface area is 254 Å². The molecule has 43 heavy (non-hydrogen) atoms. The topological polar surface area (TPSA) is 123 Å². The van der Waals surface area contributed by atoms with Gasteiger partial charge in [0.05, 0.1) is 66.0 Å². The molecule has 0 aromatic heterocycles. The molecule has 0 aliphatic rings. The third-order valence-electron chi connectivity index (χ3n) is 6.13. The largest absolute Gasteiger partial charge is 0.496 e. The van der Waals surface area contributed by atoms with Gasteiger partial charge in [-0.3, -0.25) is 9.59 Å². The Morgan fingerprint density at radius 3 is 1.88 bits per heavy atom. The number of carbonyl (C=O) groups is 2. The zero-order valence-corrected chi connectivity index (χ0v) is 25.6. The van der Waals surface area contributed by atoms with E-state index >= 15 is 0 Å². The predicted molar refractivity (Wildman–Crippen MR) is 165 cm³/mol. The number of amides is 1. The highest BCUT2D eigenvalue weighted by Gasteiger charge is 2.22. The average molecular weight is 613 g/mol. The van der Waals surface area contributed by atoms with Gasteiger partial charge in [-0.1, -0.05) is 11.6 Å². The minimum absolute atomic E-state index is 0.0787. The number of ether oxygens (including phenoxy) is 7. The third-order valence-corrected chi connectivity index (χ3v) is 6.51. The van der Waals surface area contributed by atoms with Crippen LogP contribution in [0, 0.1) is 0 Å². The molecule has 0 heterocycles. The number of carbonyl (C=O) groups excluding carboxylic acids is 2. The first-order valence-electron chi connectivity index (χ1n) is 12.7. The van der Waals surface area contributed by atoms with Crippen LogP contribution in [0.15, 0.2) is 54.8 Å². The Balaban J connectivity index is 1.79. The normalized spacial score (nSPS) is 10.8. The maximum absolute atomic E-state index is 13.0. The number of methoxy groups -OCH3 is 7. The first-order chi connectivity index (χ1) is 20.7. The number of hydrogen-bond acceptors (Lipinski definition) is 10. The average Bonchev–Trinajstić information content (AvgIpc) is 3.02. The lowest BCUT2D eigenvalue weighted by Crippen LogP contribution is -2.08. The standard InChI is InChI=1S/C31H33ClN2O9/c1-37-19-15-25(39-3)20(26(16-19)40-4)9-11-28(36)34-18-8-10-24(38-2)22(14-18)33-13-12-23(35)21-17-27(41-5)30(42-6)31(43-7)29(21)32/h8-17,33H,1-7H3,(H,34,36)/b11-9+,13-12+. The number of allylic oxidation sites excluding steroid dienone is 1. The lowest BCUT2D eigenvalue weighted by Gasteiger charge is -2.15. The second-order valence-electron chi connectivity index (χ2n) is 8.53. The monoisotopic (exact) mass is 612 g/mol. The van der Waals surface area contributed by atoms with Gasteiger partial charge in [0, 0.05) is 41.7 Å². The highest BCUT2D eigenvalue weighted by molar-refractivity contribution is 6.36. The van der Waals surface area contributed by atoms with Crippen molar-refractivity contribution in [2.75, 3.05) is 60.4 Å². The van der Waals surface area contributed by atoms with Gasteiger partial charge in [-0.25, -0.2) is 0 Å². The lowest BCUT2D eigenvalue weighted by molar-refractivity contribution is -0.111. The Morgan fingerprint density at radius 2 is 1.33 bits per heavy atom. The smallest absolute Gasteiger partial charge is 0.248 e. The molecule has 0 spiro atoms. The van der Waals surface area contributed by atoms with Crippen LogP contribution < -0.4 is 43.8 Å². The number of rotatable bonds is 14. The van der Waals surface area contributed by atoms with Gasteiger partial charge in [0.1, 0.15) is 23.0 Å². The molecule has 0 aliphatic heterocycles. The number of anilines is 2. The fraction of sp³-hybridized carbons (Fsp3) is 0.226. The number of benzene rings is 3. The Kier molecular flexibility index (Phi) is 11.5. The van der Waals surface area contributed by atoms with Crippen molar-refractivity contribution in [3.05, 3.63) is 70.9 Å². The van der Waals surface area contributed by atoms with E-state index in [2.05, 4.69) is 10.6 Å². The third kappa shape index (κ3) is 7.63. The second-order valence-corrected chi connectivity index (χ2v) is 8.91.